The third-order valence-corrected chi connectivity index (χ3v) is 6.89. The zero-order valence-corrected chi connectivity index (χ0v) is 14.3. The number of sulfonamides is 1. The summed E-state index contributed by atoms with van der Waals surface area (Å²) < 4.78 is 25.5. The molecule has 126 valence electrons. The van der Waals surface area contributed by atoms with Gasteiger partial charge in [-0.2, -0.15) is 0 Å². The van der Waals surface area contributed by atoms with Crippen LogP contribution in [0.2, 0.25) is 0 Å². The van der Waals surface area contributed by atoms with E-state index in [0.717, 1.165) is 12.8 Å². The third kappa shape index (κ3) is 3.52. The van der Waals surface area contributed by atoms with E-state index in [0.29, 0.717) is 30.3 Å². The van der Waals surface area contributed by atoms with Gasteiger partial charge in [0.15, 0.2) is 0 Å². The highest BCUT2D eigenvalue weighted by Crippen LogP contribution is 2.32. The Morgan fingerprint density at radius 1 is 1.26 bits per heavy atom. The number of nitrogens with zero attached hydrogens (tertiary/aromatic N) is 1. The van der Waals surface area contributed by atoms with Crippen LogP contribution in [0.5, 0.6) is 0 Å². The predicted octanol–water partition coefficient (Wildman–Crippen LogP) is 2.99. The first kappa shape index (κ1) is 16.3. The Balaban J connectivity index is 1.71. The number of nitrogens with one attached hydrogen (secondary N) is 1. The molecule has 0 aromatic heterocycles. The number of hydrogen-bond acceptors (Lipinski definition) is 3. The highest BCUT2D eigenvalue weighted by molar-refractivity contribution is 7.93. The largest absolute Gasteiger partial charge is 0.326 e. The van der Waals surface area contributed by atoms with Gasteiger partial charge in [-0.15, -0.1) is 0 Å². The van der Waals surface area contributed by atoms with E-state index in [9.17, 15) is 13.2 Å². The second-order valence-electron chi connectivity index (χ2n) is 6.61. The molecule has 23 heavy (non-hydrogen) atoms. The van der Waals surface area contributed by atoms with Crippen molar-refractivity contribution in [3.05, 3.63) is 24.3 Å². The monoisotopic (exact) mass is 336 g/mol. The van der Waals surface area contributed by atoms with Gasteiger partial charge in [-0.05, 0) is 43.4 Å². The van der Waals surface area contributed by atoms with Crippen molar-refractivity contribution < 1.29 is 13.2 Å². The minimum atomic E-state index is -3.19. The summed E-state index contributed by atoms with van der Waals surface area (Å²) in [6.07, 6.45) is 5.33. The first-order valence-electron chi connectivity index (χ1n) is 8.39. The van der Waals surface area contributed by atoms with Crippen LogP contribution in [0.25, 0.3) is 0 Å². The molecule has 1 N–H and O–H groups in total. The van der Waals surface area contributed by atoms with Crippen LogP contribution in [0.1, 0.15) is 39.0 Å². The first-order valence-corrected chi connectivity index (χ1v) is 9.99. The topological polar surface area (TPSA) is 66.5 Å². The number of carbonyl (C=O) groups excluding carboxylic acids is 1. The van der Waals surface area contributed by atoms with Crippen molar-refractivity contribution in [3.63, 3.8) is 0 Å². The quantitative estimate of drug-likeness (QED) is 0.919. The van der Waals surface area contributed by atoms with Gasteiger partial charge in [0.1, 0.15) is 0 Å². The van der Waals surface area contributed by atoms with Gasteiger partial charge in [-0.25, -0.2) is 8.42 Å². The van der Waals surface area contributed by atoms with E-state index in [1.54, 1.807) is 18.2 Å². The molecule has 6 heteroatoms. The lowest BCUT2D eigenvalue weighted by Gasteiger charge is -2.20. The van der Waals surface area contributed by atoms with E-state index in [1.807, 2.05) is 13.0 Å². The highest BCUT2D eigenvalue weighted by Gasteiger charge is 2.29. The molecule has 1 unspecified atom stereocenters. The van der Waals surface area contributed by atoms with Crippen LogP contribution in [0.3, 0.4) is 0 Å². The summed E-state index contributed by atoms with van der Waals surface area (Å²) >= 11 is 0. The fourth-order valence-electron chi connectivity index (χ4n) is 3.60. The summed E-state index contributed by atoms with van der Waals surface area (Å²) in [6, 6.07) is 7.13. The minimum Gasteiger partial charge on any atom is -0.326 e. The Morgan fingerprint density at radius 3 is 2.65 bits per heavy atom. The lowest BCUT2D eigenvalue weighted by Crippen LogP contribution is -2.27. The average molecular weight is 336 g/mol. The molecule has 1 saturated heterocycles. The highest BCUT2D eigenvalue weighted by atomic mass is 32.2. The predicted molar refractivity (Wildman–Crippen MR) is 91.9 cm³/mol. The molecule has 1 aromatic carbocycles. The number of rotatable bonds is 4. The fraction of sp³-hybridized carbons (Fsp3) is 0.588. The Labute approximate surface area is 138 Å². The molecule has 1 atom stereocenters. The Hall–Kier alpha value is -1.56. The molecule has 1 aliphatic carbocycles. The molecule has 2 fully saturated rings. The number of anilines is 2. The number of hydrogen-bond donors (Lipinski definition) is 1. The molecule has 0 bridgehead atoms. The van der Waals surface area contributed by atoms with Crippen molar-refractivity contribution in [1.82, 2.24) is 0 Å². The van der Waals surface area contributed by atoms with Gasteiger partial charge >= 0.3 is 0 Å². The van der Waals surface area contributed by atoms with E-state index >= 15 is 0 Å². The van der Waals surface area contributed by atoms with Gasteiger partial charge < -0.3 is 5.32 Å². The molecule has 0 radical (unpaired) electrons. The molecule has 1 aromatic rings. The van der Waals surface area contributed by atoms with E-state index < -0.39 is 10.0 Å². The number of amides is 1. The normalized spacial score (nSPS) is 22.2. The lowest BCUT2D eigenvalue weighted by molar-refractivity contribution is -0.120. The van der Waals surface area contributed by atoms with Gasteiger partial charge in [-0.1, -0.05) is 25.8 Å². The molecule has 2 aliphatic rings. The van der Waals surface area contributed by atoms with Crippen LogP contribution < -0.4 is 9.62 Å². The summed E-state index contributed by atoms with van der Waals surface area (Å²) in [4.78, 5) is 12.4. The van der Waals surface area contributed by atoms with Crippen LogP contribution >= 0.6 is 0 Å². The van der Waals surface area contributed by atoms with Crippen LogP contribution in [-0.4, -0.2) is 26.6 Å². The summed E-state index contributed by atoms with van der Waals surface area (Å²) in [7, 11) is -3.19. The van der Waals surface area contributed by atoms with Crippen molar-refractivity contribution in [3.8, 4) is 0 Å². The van der Waals surface area contributed by atoms with Crippen LogP contribution in [0.15, 0.2) is 24.3 Å². The van der Waals surface area contributed by atoms with Crippen LogP contribution in [0, 0.1) is 11.8 Å². The summed E-state index contributed by atoms with van der Waals surface area (Å²) in [6.45, 7) is 2.50. The molecular weight excluding hydrogens is 312 g/mol. The number of benzene rings is 1. The minimum absolute atomic E-state index is 0.00308. The summed E-state index contributed by atoms with van der Waals surface area (Å²) in [5.41, 5.74) is 1.30. The molecule has 5 nitrogen and oxygen atoms in total. The van der Waals surface area contributed by atoms with E-state index in [4.69, 9.17) is 0 Å². The van der Waals surface area contributed by atoms with Gasteiger partial charge in [0.05, 0.1) is 11.4 Å². The van der Waals surface area contributed by atoms with Gasteiger partial charge in [0.2, 0.25) is 15.9 Å². The molecule has 3 rings (SSSR count). The average Bonchev–Trinajstić information content (AvgIpc) is 3.15. The lowest BCUT2D eigenvalue weighted by atomic mass is 9.92. The van der Waals surface area contributed by atoms with Crippen molar-refractivity contribution in [2.45, 2.75) is 39.0 Å². The van der Waals surface area contributed by atoms with Gasteiger partial charge in [0, 0.05) is 18.2 Å². The summed E-state index contributed by atoms with van der Waals surface area (Å²) in [5, 5.41) is 2.95. The second-order valence-corrected chi connectivity index (χ2v) is 8.63. The SMILES string of the molecule is CC(C(=O)Nc1cccc(N2CCCS2(=O)=O)c1)C1CCCC1. The Bertz CT molecular complexity index is 681. The van der Waals surface area contributed by atoms with Crippen molar-refractivity contribution in [2.75, 3.05) is 21.9 Å². The fourth-order valence-corrected chi connectivity index (χ4v) is 5.15. The second kappa shape index (κ2) is 6.51. The maximum absolute atomic E-state index is 12.4. The van der Waals surface area contributed by atoms with Crippen molar-refractivity contribution in [2.24, 2.45) is 11.8 Å². The maximum atomic E-state index is 12.4. The third-order valence-electron chi connectivity index (χ3n) is 5.02. The first-order chi connectivity index (χ1) is 11.0. The molecule has 1 amide bonds. The molecule has 1 saturated carbocycles. The Kier molecular flexibility index (Phi) is 4.62. The standard InChI is InChI=1S/C17H24N2O3S/c1-13(14-6-2-3-7-14)17(20)18-15-8-4-9-16(12-15)19-10-5-11-23(19,21)22/h4,8-9,12-14H,2-3,5-7,10-11H2,1H3,(H,18,20). The molecule has 1 heterocycles. The zero-order chi connectivity index (χ0) is 16.4. The summed E-state index contributed by atoms with van der Waals surface area (Å²) in [5.74, 6) is 0.689. The van der Waals surface area contributed by atoms with Crippen molar-refractivity contribution in [1.29, 1.82) is 0 Å². The van der Waals surface area contributed by atoms with Crippen molar-refractivity contribution >= 4 is 27.3 Å². The molecule has 0 spiro atoms. The van der Waals surface area contributed by atoms with Crippen LogP contribution in [0.4, 0.5) is 11.4 Å². The molecule has 1 aliphatic heterocycles. The Morgan fingerprint density at radius 2 is 2.00 bits per heavy atom. The smallest absolute Gasteiger partial charge is 0.235 e. The van der Waals surface area contributed by atoms with E-state index in [1.165, 1.54) is 17.1 Å². The van der Waals surface area contributed by atoms with Gasteiger partial charge in [-0.3, -0.25) is 9.10 Å². The number of carbonyl (C=O) groups is 1. The van der Waals surface area contributed by atoms with Gasteiger partial charge in [0.25, 0.3) is 0 Å². The zero-order valence-electron chi connectivity index (χ0n) is 13.5. The van der Waals surface area contributed by atoms with E-state index in [-0.39, 0.29) is 17.6 Å². The van der Waals surface area contributed by atoms with Crippen LogP contribution in [-0.2, 0) is 14.8 Å². The molecular formula is C17H24N2O3S. The van der Waals surface area contributed by atoms with E-state index in [2.05, 4.69) is 5.32 Å². The maximum Gasteiger partial charge on any atom is 0.235 e.